The third-order valence-electron chi connectivity index (χ3n) is 4.21. The molecule has 0 bridgehead atoms. The summed E-state index contributed by atoms with van der Waals surface area (Å²) in [6, 6.07) is 16.6. The molecule has 1 unspecified atom stereocenters. The van der Waals surface area contributed by atoms with Gasteiger partial charge < -0.3 is 14.4 Å². The van der Waals surface area contributed by atoms with Gasteiger partial charge in [0, 0.05) is 23.2 Å². The molecule has 3 rings (SSSR count). The van der Waals surface area contributed by atoms with Crippen molar-refractivity contribution in [2.24, 2.45) is 0 Å². The second kappa shape index (κ2) is 7.84. The van der Waals surface area contributed by atoms with Gasteiger partial charge in [-0.2, -0.15) is 0 Å². The molecule has 1 saturated heterocycles. The molecule has 1 aliphatic heterocycles. The molecule has 3 nitrogen and oxygen atoms in total. The van der Waals surface area contributed by atoms with E-state index in [0.29, 0.717) is 6.61 Å². The number of benzene rings is 2. The summed E-state index contributed by atoms with van der Waals surface area (Å²) in [6.07, 6.45) is 2.58. The van der Waals surface area contributed by atoms with Crippen molar-refractivity contribution in [2.45, 2.75) is 25.6 Å². The van der Waals surface area contributed by atoms with E-state index in [9.17, 15) is 0 Å². The fraction of sp³-hybridized carbons (Fsp3) is 0.368. The van der Waals surface area contributed by atoms with Gasteiger partial charge in [0.2, 0.25) is 0 Å². The molecule has 0 aromatic heterocycles. The molecular formula is C19H22BrNO2. The van der Waals surface area contributed by atoms with Gasteiger partial charge in [-0.15, -0.1) is 0 Å². The van der Waals surface area contributed by atoms with Crippen molar-refractivity contribution >= 4 is 21.6 Å². The lowest BCUT2D eigenvalue weighted by Crippen LogP contribution is -2.39. The van der Waals surface area contributed by atoms with Crippen LogP contribution < -0.4 is 9.64 Å². The number of ether oxygens (including phenoxy) is 2. The van der Waals surface area contributed by atoms with Gasteiger partial charge in [0.15, 0.2) is 0 Å². The van der Waals surface area contributed by atoms with Crippen molar-refractivity contribution in [3.05, 3.63) is 58.6 Å². The number of methoxy groups -OCH3 is 1. The predicted molar refractivity (Wildman–Crippen MR) is 97.2 cm³/mol. The zero-order chi connectivity index (χ0) is 16.1. The SMILES string of the molecule is COc1ccc(COC2CCCN(c3ccc(Br)cc3)C2)cc1. The van der Waals surface area contributed by atoms with Gasteiger partial charge in [-0.1, -0.05) is 28.1 Å². The molecule has 4 heteroatoms. The van der Waals surface area contributed by atoms with Gasteiger partial charge in [-0.3, -0.25) is 0 Å². The minimum absolute atomic E-state index is 0.287. The largest absolute Gasteiger partial charge is 0.497 e. The van der Waals surface area contributed by atoms with Crippen LogP contribution in [-0.4, -0.2) is 26.3 Å². The Kier molecular flexibility index (Phi) is 5.57. The van der Waals surface area contributed by atoms with Gasteiger partial charge >= 0.3 is 0 Å². The van der Waals surface area contributed by atoms with Crippen LogP contribution >= 0.6 is 15.9 Å². The van der Waals surface area contributed by atoms with Gasteiger partial charge in [0.05, 0.1) is 19.8 Å². The minimum Gasteiger partial charge on any atom is -0.497 e. The van der Waals surface area contributed by atoms with E-state index in [1.165, 1.54) is 17.7 Å². The molecule has 0 N–H and O–H groups in total. The lowest BCUT2D eigenvalue weighted by Gasteiger charge is -2.34. The van der Waals surface area contributed by atoms with Crippen LogP contribution in [0.2, 0.25) is 0 Å². The van der Waals surface area contributed by atoms with Gasteiger partial charge in [0.1, 0.15) is 5.75 Å². The predicted octanol–water partition coefficient (Wildman–Crippen LogP) is 4.64. The van der Waals surface area contributed by atoms with Gasteiger partial charge in [-0.05, 0) is 54.8 Å². The van der Waals surface area contributed by atoms with Crippen LogP contribution in [0.4, 0.5) is 5.69 Å². The van der Waals surface area contributed by atoms with E-state index in [1.807, 2.05) is 12.1 Å². The average Bonchev–Trinajstić information content (AvgIpc) is 2.61. The second-order valence-electron chi connectivity index (χ2n) is 5.85. The molecule has 0 saturated carbocycles. The maximum atomic E-state index is 6.13. The molecule has 1 aliphatic rings. The van der Waals surface area contributed by atoms with Gasteiger partial charge in [-0.25, -0.2) is 0 Å². The van der Waals surface area contributed by atoms with Crippen LogP contribution in [0.25, 0.3) is 0 Å². The Hall–Kier alpha value is -1.52. The monoisotopic (exact) mass is 375 g/mol. The average molecular weight is 376 g/mol. The van der Waals surface area contributed by atoms with Crippen LogP contribution in [0, 0.1) is 0 Å². The number of anilines is 1. The fourth-order valence-corrected chi connectivity index (χ4v) is 3.16. The number of piperidine rings is 1. The first-order valence-electron chi connectivity index (χ1n) is 7.99. The zero-order valence-corrected chi connectivity index (χ0v) is 15.0. The van der Waals surface area contributed by atoms with Crippen LogP contribution in [0.1, 0.15) is 18.4 Å². The Morgan fingerprint density at radius 1 is 1.09 bits per heavy atom. The Morgan fingerprint density at radius 2 is 1.83 bits per heavy atom. The highest BCUT2D eigenvalue weighted by Crippen LogP contribution is 2.24. The van der Waals surface area contributed by atoms with E-state index in [-0.39, 0.29) is 6.10 Å². The summed E-state index contributed by atoms with van der Waals surface area (Å²) in [5.74, 6) is 0.882. The Labute approximate surface area is 146 Å². The Balaban J connectivity index is 1.54. The minimum atomic E-state index is 0.287. The number of nitrogens with zero attached hydrogens (tertiary/aromatic N) is 1. The highest BCUT2D eigenvalue weighted by Gasteiger charge is 2.20. The maximum Gasteiger partial charge on any atom is 0.118 e. The van der Waals surface area contributed by atoms with E-state index < -0.39 is 0 Å². The van der Waals surface area contributed by atoms with Crippen LogP contribution in [0.3, 0.4) is 0 Å². The highest BCUT2D eigenvalue weighted by molar-refractivity contribution is 9.10. The molecule has 23 heavy (non-hydrogen) atoms. The molecule has 0 aliphatic carbocycles. The molecule has 0 radical (unpaired) electrons. The van der Waals surface area contributed by atoms with Crippen molar-refractivity contribution in [2.75, 3.05) is 25.1 Å². The van der Waals surface area contributed by atoms with E-state index in [1.54, 1.807) is 7.11 Å². The van der Waals surface area contributed by atoms with E-state index in [4.69, 9.17) is 9.47 Å². The van der Waals surface area contributed by atoms with E-state index in [2.05, 4.69) is 57.2 Å². The van der Waals surface area contributed by atoms with E-state index in [0.717, 1.165) is 29.7 Å². The standard InChI is InChI=1S/C19H22BrNO2/c1-22-18-10-4-15(5-11-18)14-23-19-3-2-12-21(13-19)17-8-6-16(20)7-9-17/h4-11,19H,2-3,12-14H2,1H3. The summed E-state index contributed by atoms with van der Waals surface area (Å²) < 4.78 is 12.4. The van der Waals surface area contributed by atoms with E-state index >= 15 is 0 Å². The summed E-state index contributed by atoms with van der Waals surface area (Å²) in [5, 5.41) is 0. The molecular weight excluding hydrogens is 354 g/mol. The number of rotatable bonds is 5. The Morgan fingerprint density at radius 3 is 2.52 bits per heavy atom. The lowest BCUT2D eigenvalue weighted by molar-refractivity contribution is 0.0315. The topological polar surface area (TPSA) is 21.7 Å². The smallest absolute Gasteiger partial charge is 0.118 e. The number of hydrogen-bond acceptors (Lipinski definition) is 3. The summed E-state index contributed by atoms with van der Waals surface area (Å²) in [5.41, 5.74) is 2.46. The first kappa shape index (κ1) is 16.3. The van der Waals surface area contributed by atoms with Crippen molar-refractivity contribution in [3.8, 4) is 5.75 Å². The third kappa shape index (κ3) is 4.49. The zero-order valence-electron chi connectivity index (χ0n) is 13.4. The van der Waals surface area contributed by atoms with Crippen molar-refractivity contribution in [3.63, 3.8) is 0 Å². The molecule has 0 spiro atoms. The first-order valence-corrected chi connectivity index (χ1v) is 8.79. The summed E-state index contributed by atoms with van der Waals surface area (Å²) in [7, 11) is 1.68. The normalized spacial score (nSPS) is 18.0. The molecule has 1 atom stereocenters. The molecule has 2 aromatic rings. The second-order valence-corrected chi connectivity index (χ2v) is 6.76. The molecule has 0 amide bonds. The Bertz CT molecular complexity index is 612. The fourth-order valence-electron chi connectivity index (χ4n) is 2.90. The first-order chi connectivity index (χ1) is 11.2. The van der Waals surface area contributed by atoms with Crippen LogP contribution in [0.5, 0.6) is 5.75 Å². The summed E-state index contributed by atoms with van der Waals surface area (Å²) >= 11 is 3.49. The van der Waals surface area contributed by atoms with Crippen LogP contribution in [0.15, 0.2) is 53.0 Å². The molecule has 2 aromatic carbocycles. The molecule has 1 fully saturated rings. The van der Waals surface area contributed by atoms with Crippen molar-refractivity contribution < 1.29 is 9.47 Å². The highest BCUT2D eigenvalue weighted by atomic mass is 79.9. The lowest BCUT2D eigenvalue weighted by atomic mass is 10.1. The number of hydrogen-bond donors (Lipinski definition) is 0. The summed E-state index contributed by atoms with van der Waals surface area (Å²) in [4.78, 5) is 2.41. The maximum absolute atomic E-state index is 6.13. The summed E-state index contributed by atoms with van der Waals surface area (Å²) in [6.45, 7) is 2.71. The number of halogens is 1. The molecule has 1 heterocycles. The van der Waals surface area contributed by atoms with Crippen molar-refractivity contribution in [1.82, 2.24) is 0 Å². The van der Waals surface area contributed by atoms with Crippen molar-refractivity contribution in [1.29, 1.82) is 0 Å². The molecule has 122 valence electrons. The third-order valence-corrected chi connectivity index (χ3v) is 4.74. The quantitative estimate of drug-likeness (QED) is 0.759. The van der Waals surface area contributed by atoms with Crippen LogP contribution in [-0.2, 0) is 11.3 Å². The van der Waals surface area contributed by atoms with Gasteiger partial charge in [0.25, 0.3) is 0 Å².